The maximum absolute atomic E-state index is 11.9. The van der Waals surface area contributed by atoms with Crippen molar-refractivity contribution in [2.24, 2.45) is 5.73 Å². The van der Waals surface area contributed by atoms with Crippen molar-refractivity contribution in [3.63, 3.8) is 0 Å². The van der Waals surface area contributed by atoms with Crippen molar-refractivity contribution < 1.29 is 9.53 Å². The zero-order chi connectivity index (χ0) is 12.3. The monoisotopic (exact) mass is 254 g/mol. The molecule has 1 aromatic carbocycles. The molecule has 1 aliphatic rings. The van der Waals surface area contributed by atoms with E-state index in [9.17, 15) is 4.79 Å². The first-order valence-corrected chi connectivity index (χ1v) is 5.99. The molecule has 0 bridgehead atoms. The highest BCUT2D eigenvalue weighted by atomic mass is 35.5. The third-order valence-electron chi connectivity index (χ3n) is 2.76. The molecule has 1 heterocycles. The van der Waals surface area contributed by atoms with Crippen LogP contribution < -0.4 is 11.1 Å². The molecule has 5 heteroatoms. The van der Waals surface area contributed by atoms with Gasteiger partial charge in [-0.05, 0) is 31.0 Å². The third-order valence-corrected chi connectivity index (χ3v) is 2.99. The molecule has 17 heavy (non-hydrogen) atoms. The molecule has 0 aromatic heterocycles. The first-order chi connectivity index (χ1) is 8.19. The number of benzene rings is 1. The molecule has 0 saturated carbocycles. The summed E-state index contributed by atoms with van der Waals surface area (Å²) in [7, 11) is 0. The van der Waals surface area contributed by atoms with Gasteiger partial charge >= 0.3 is 0 Å². The Hall–Kier alpha value is -1.10. The maximum Gasteiger partial charge on any atom is 0.253 e. The number of amides is 1. The minimum atomic E-state index is -0.400. The summed E-state index contributed by atoms with van der Waals surface area (Å²) in [6, 6.07) is 7.04. The minimum absolute atomic E-state index is 0.00473. The van der Waals surface area contributed by atoms with Gasteiger partial charge in [0.15, 0.2) is 0 Å². The van der Waals surface area contributed by atoms with Crippen LogP contribution in [0.1, 0.15) is 12.8 Å². The van der Waals surface area contributed by atoms with Crippen molar-refractivity contribution in [3.05, 3.63) is 29.3 Å². The van der Waals surface area contributed by atoms with Crippen LogP contribution in [0, 0.1) is 0 Å². The molecule has 0 aliphatic carbocycles. The van der Waals surface area contributed by atoms with Gasteiger partial charge in [0, 0.05) is 17.3 Å². The van der Waals surface area contributed by atoms with E-state index in [1.807, 2.05) is 0 Å². The number of rotatable bonds is 3. The lowest BCUT2D eigenvalue weighted by Crippen LogP contribution is -2.29. The summed E-state index contributed by atoms with van der Waals surface area (Å²) in [5.74, 6) is -0.136. The van der Waals surface area contributed by atoms with Crippen LogP contribution in [0.3, 0.4) is 0 Å². The van der Waals surface area contributed by atoms with Crippen molar-refractivity contribution in [3.8, 4) is 0 Å². The number of hydrogen-bond acceptors (Lipinski definition) is 3. The van der Waals surface area contributed by atoms with E-state index in [2.05, 4.69) is 5.32 Å². The van der Waals surface area contributed by atoms with Gasteiger partial charge in [0.25, 0.3) is 5.91 Å². The molecule has 2 rings (SSSR count). The van der Waals surface area contributed by atoms with Gasteiger partial charge in [-0.25, -0.2) is 0 Å². The minimum Gasteiger partial charge on any atom is -0.364 e. The SMILES string of the molecule is NC[C@H]1CC[C@@H](C(=O)Nc2cccc(Cl)c2)O1. The molecule has 1 saturated heterocycles. The van der Waals surface area contributed by atoms with E-state index in [0.717, 1.165) is 6.42 Å². The number of nitrogens with one attached hydrogen (secondary N) is 1. The number of hydrogen-bond donors (Lipinski definition) is 2. The van der Waals surface area contributed by atoms with Crippen LogP contribution in [0.25, 0.3) is 0 Å². The number of halogens is 1. The van der Waals surface area contributed by atoms with E-state index >= 15 is 0 Å². The van der Waals surface area contributed by atoms with E-state index in [1.54, 1.807) is 24.3 Å². The van der Waals surface area contributed by atoms with Gasteiger partial charge in [0.05, 0.1) is 6.10 Å². The van der Waals surface area contributed by atoms with E-state index < -0.39 is 6.10 Å². The Morgan fingerprint density at radius 2 is 2.35 bits per heavy atom. The number of carbonyl (C=O) groups excluding carboxylic acids is 1. The number of anilines is 1. The van der Waals surface area contributed by atoms with Crippen molar-refractivity contribution in [2.45, 2.75) is 25.0 Å². The second kappa shape index (κ2) is 5.49. The molecule has 0 unspecified atom stereocenters. The van der Waals surface area contributed by atoms with Gasteiger partial charge in [0.1, 0.15) is 6.10 Å². The lowest BCUT2D eigenvalue weighted by Gasteiger charge is -2.12. The highest BCUT2D eigenvalue weighted by molar-refractivity contribution is 6.30. The lowest BCUT2D eigenvalue weighted by atomic mass is 10.2. The Morgan fingerprint density at radius 3 is 3.00 bits per heavy atom. The largest absolute Gasteiger partial charge is 0.364 e. The van der Waals surface area contributed by atoms with Gasteiger partial charge in [-0.15, -0.1) is 0 Å². The zero-order valence-electron chi connectivity index (χ0n) is 9.36. The zero-order valence-corrected chi connectivity index (χ0v) is 10.1. The predicted molar refractivity (Wildman–Crippen MR) is 67.0 cm³/mol. The molecule has 0 radical (unpaired) electrons. The van der Waals surface area contributed by atoms with E-state index in [-0.39, 0.29) is 12.0 Å². The highest BCUT2D eigenvalue weighted by Gasteiger charge is 2.29. The summed E-state index contributed by atoms with van der Waals surface area (Å²) in [6.45, 7) is 0.459. The normalized spacial score (nSPS) is 23.6. The van der Waals surface area contributed by atoms with Gasteiger partial charge in [0.2, 0.25) is 0 Å². The fourth-order valence-electron chi connectivity index (χ4n) is 1.86. The molecule has 2 atom stereocenters. The standard InChI is InChI=1S/C12H15ClN2O2/c13-8-2-1-3-9(6-8)15-12(16)11-5-4-10(7-14)17-11/h1-3,6,10-11H,4-5,7,14H2,(H,15,16)/t10-,11+/m1/s1. The van der Waals surface area contributed by atoms with Crippen LogP contribution in [0.4, 0.5) is 5.69 Å². The van der Waals surface area contributed by atoms with Gasteiger partial charge in [-0.3, -0.25) is 4.79 Å². The lowest BCUT2D eigenvalue weighted by molar-refractivity contribution is -0.126. The topological polar surface area (TPSA) is 64.4 Å². The molecule has 92 valence electrons. The highest BCUT2D eigenvalue weighted by Crippen LogP contribution is 2.21. The fraction of sp³-hybridized carbons (Fsp3) is 0.417. The maximum atomic E-state index is 11.9. The van der Waals surface area contributed by atoms with E-state index in [1.165, 1.54) is 0 Å². The fourth-order valence-corrected chi connectivity index (χ4v) is 2.05. The van der Waals surface area contributed by atoms with Crippen molar-refractivity contribution in [1.29, 1.82) is 0 Å². The number of ether oxygens (including phenoxy) is 1. The molecule has 1 aromatic rings. The third kappa shape index (κ3) is 3.19. The summed E-state index contributed by atoms with van der Waals surface area (Å²) in [5, 5.41) is 3.37. The van der Waals surface area contributed by atoms with Gasteiger partial charge < -0.3 is 15.8 Å². The average molecular weight is 255 g/mol. The predicted octanol–water partition coefficient (Wildman–Crippen LogP) is 1.78. The average Bonchev–Trinajstić information content (AvgIpc) is 2.77. The Balaban J connectivity index is 1.93. The molecule has 1 amide bonds. The second-order valence-corrected chi connectivity index (χ2v) is 4.50. The summed E-state index contributed by atoms with van der Waals surface area (Å²) < 4.78 is 5.50. The Morgan fingerprint density at radius 1 is 1.53 bits per heavy atom. The Labute approximate surface area is 105 Å². The summed E-state index contributed by atoms with van der Waals surface area (Å²) in [5.41, 5.74) is 6.18. The van der Waals surface area contributed by atoms with Crippen molar-refractivity contribution in [1.82, 2.24) is 0 Å². The van der Waals surface area contributed by atoms with Crippen LogP contribution in [0.2, 0.25) is 5.02 Å². The molecule has 4 nitrogen and oxygen atoms in total. The van der Waals surface area contributed by atoms with Crippen LogP contribution in [-0.4, -0.2) is 24.7 Å². The molecule has 1 fully saturated rings. The van der Waals surface area contributed by atoms with Gasteiger partial charge in [-0.1, -0.05) is 17.7 Å². The Kier molecular flexibility index (Phi) is 3.99. The molecular formula is C12H15ClN2O2. The second-order valence-electron chi connectivity index (χ2n) is 4.06. The first kappa shape index (κ1) is 12.4. The summed E-state index contributed by atoms with van der Waals surface area (Å²) in [4.78, 5) is 11.9. The molecular weight excluding hydrogens is 240 g/mol. The van der Waals surface area contributed by atoms with Crippen molar-refractivity contribution >= 4 is 23.2 Å². The number of nitrogens with two attached hydrogens (primary N) is 1. The molecule has 3 N–H and O–H groups in total. The molecule has 0 spiro atoms. The van der Waals surface area contributed by atoms with Crippen LogP contribution in [-0.2, 0) is 9.53 Å². The Bertz CT molecular complexity index is 411. The van der Waals surface area contributed by atoms with Crippen LogP contribution in [0.15, 0.2) is 24.3 Å². The van der Waals surface area contributed by atoms with E-state index in [4.69, 9.17) is 22.1 Å². The quantitative estimate of drug-likeness (QED) is 0.864. The van der Waals surface area contributed by atoms with Gasteiger partial charge in [-0.2, -0.15) is 0 Å². The van der Waals surface area contributed by atoms with Crippen molar-refractivity contribution in [2.75, 3.05) is 11.9 Å². The van der Waals surface area contributed by atoms with Crippen LogP contribution >= 0.6 is 11.6 Å². The number of carbonyl (C=O) groups is 1. The first-order valence-electron chi connectivity index (χ1n) is 5.61. The smallest absolute Gasteiger partial charge is 0.253 e. The van der Waals surface area contributed by atoms with Crippen LogP contribution in [0.5, 0.6) is 0 Å². The van der Waals surface area contributed by atoms with E-state index in [0.29, 0.717) is 23.7 Å². The summed E-state index contributed by atoms with van der Waals surface area (Å²) in [6.07, 6.45) is 1.16. The molecule has 1 aliphatic heterocycles. The summed E-state index contributed by atoms with van der Waals surface area (Å²) >= 11 is 5.83.